The number of alkyl halides is 2. The summed E-state index contributed by atoms with van der Waals surface area (Å²) in [5.74, 6) is -3.11. The Hall–Kier alpha value is -0.850. The van der Waals surface area contributed by atoms with Crippen LogP contribution in [-0.4, -0.2) is 35.8 Å². The summed E-state index contributed by atoms with van der Waals surface area (Å²) in [6.07, 6.45) is 0. The Kier molecular flexibility index (Phi) is 6.54. The lowest BCUT2D eigenvalue weighted by Crippen LogP contribution is -2.39. The third-order valence-corrected chi connectivity index (χ3v) is 3.41. The molecular formula is C12H14ClF2NO2S. The van der Waals surface area contributed by atoms with Crippen molar-refractivity contribution in [2.45, 2.75) is 11.7 Å². The summed E-state index contributed by atoms with van der Waals surface area (Å²) in [5, 5.41) is 11.0. The van der Waals surface area contributed by atoms with Crippen LogP contribution in [0.4, 0.5) is 8.78 Å². The van der Waals surface area contributed by atoms with Crippen molar-refractivity contribution in [3.8, 4) is 0 Å². The van der Waals surface area contributed by atoms with Crippen LogP contribution in [0.5, 0.6) is 0 Å². The Morgan fingerprint density at radius 2 is 2.21 bits per heavy atom. The molecule has 0 saturated carbocycles. The van der Waals surface area contributed by atoms with E-state index in [9.17, 15) is 13.6 Å². The van der Waals surface area contributed by atoms with E-state index >= 15 is 0 Å². The van der Waals surface area contributed by atoms with Gasteiger partial charge in [0.15, 0.2) is 0 Å². The zero-order valence-electron chi connectivity index (χ0n) is 10.0. The lowest BCUT2D eigenvalue weighted by Gasteiger charge is -2.13. The summed E-state index contributed by atoms with van der Waals surface area (Å²) in [5.41, 5.74) is 0.964. The zero-order valence-corrected chi connectivity index (χ0v) is 11.6. The standard InChI is InChI=1S/C12H14ClF2NO2S/c13-10-3-1-2-9(4-10)5-19-6-11(18)16-7-12(14,15)8-17/h1-4,17H,5-8H2,(H,16,18). The first-order chi connectivity index (χ1) is 8.93. The molecule has 7 heteroatoms. The lowest BCUT2D eigenvalue weighted by atomic mass is 10.2. The van der Waals surface area contributed by atoms with Gasteiger partial charge in [-0.2, -0.15) is 0 Å². The van der Waals surface area contributed by atoms with Crippen LogP contribution in [0.25, 0.3) is 0 Å². The number of thioether (sulfide) groups is 1. The molecule has 106 valence electrons. The van der Waals surface area contributed by atoms with E-state index in [4.69, 9.17) is 16.7 Å². The highest BCUT2D eigenvalue weighted by Gasteiger charge is 2.27. The van der Waals surface area contributed by atoms with Crippen molar-refractivity contribution in [3.05, 3.63) is 34.9 Å². The van der Waals surface area contributed by atoms with Crippen LogP contribution >= 0.6 is 23.4 Å². The van der Waals surface area contributed by atoms with Gasteiger partial charge in [-0.25, -0.2) is 8.78 Å². The van der Waals surface area contributed by atoms with Crippen LogP contribution in [0.1, 0.15) is 5.56 Å². The van der Waals surface area contributed by atoms with Crippen LogP contribution in [0.15, 0.2) is 24.3 Å². The quantitative estimate of drug-likeness (QED) is 0.812. The number of benzene rings is 1. The predicted octanol–water partition coefficient (Wildman–Crippen LogP) is 2.32. The second kappa shape index (κ2) is 7.67. The molecule has 0 atom stereocenters. The predicted molar refractivity (Wildman–Crippen MR) is 72.7 cm³/mol. The number of carbonyl (C=O) groups excluding carboxylic acids is 1. The van der Waals surface area contributed by atoms with Gasteiger partial charge in [-0.3, -0.25) is 4.79 Å². The molecule has 0 unspecified atom stereocenters. The van der Waals surface area contributed by atoms with Gasteiger partial charge in [0.1, 0.15) is 6.61 Å². The van der Waals surface area contributed by atoms with Crippen molar-refractivity contribution in [1.29, 1.82) is 0 Å². The summed E-state index contributed by atoms with van der Waals surface area (Å²) < 4.78 is 25.3. The fourth-order valence-electron chi connectivity index (χ4n) is 1.22. The van der Waals surface area contributed by atoms with Crippen LogP contribution < -0.4 is 5.32 Å². The summed E-state index contributed by atoms with van der Waals surface area (Å²) in [4.78, 5) is 11.3. The van der Waals surface area contributed by atoms with Gasteiger partial charge in [-0.1, -0.05) is 23.7 Å². The summed E-state index contributed by atoms with van der Waals surface area (Å²) in [6.45, 7) is -2.12. The van der Waals surface area contributed by atoms with Crippen LogP contribution in [0.2, 0.25) is 5.02 Å². The first-order valence-corrected chi connectivity index (χ1v) is 7.04. The summed E-state index contributed by atoms with van der Waals surface area (Å²) in [6, 6.07) is 7.21. The van der Waals surface area contributed by atoms with Crippen molar-refractivity contribution in [2.75, 3.05) is 18.9 Å². The molecule has 0 aliphatic rings. The molecule has 0 spiro atoms. The number of nitrogens with one attached hydrogen (secondary N) is 1. The molecule has 0 aliphatic heterocycles. The van der Waals surface area contributed by atoms with Crippen molar-refractivity contribution < 1.29 is 18.7 Å². The molecule has 2 N–H and O–H groups in total. The number of amides is 1. The molecule has 0 fully saturated rings. The molecule has 3 nitrogen and oxygen atoms in total. The third kappa shape index (κ3) is 6.75. The summed E-state index contributed by atoms with van der Waals surface area (Å²) >= 11 is 7.11. The number of carbonyl (C=O) groups is 1. The van der Waals surface area contributed by atoms with Gasteiger partial charge in [0.05, 0.1) is 12.3 Å². The van der Waals surface area contributed by atoms with Gasteiger partial charge >= 0.3 is 0 Å². The second-order valence-electron chi connectivity index (χ2n) is 3.91. The lowest BCUT2D eigenvalue weighted by molar-refractivity contribution is -0.121. The second-order valence-corrected chi connectivity index (χ2v) is 5.34. The van der Waals surface area contributed by atoms with Gasteiger partial charge < -0.3 is 10.4 Å². The molecular weight excluding hydrogens is 296 g/mol. The van der Waals surface area contributed by atoms with E-state index in [1.807, 2.05) is 6.07 Å². The smallest absolute Gasteiger partial charge is 0.287 e. The molecule has 19 heavy (non-hydrogen) atoms. The SMILES string of the molecule is O=C(CSCc1cccc(Cl)c1)NCC(F)(F)CO. The van der Waals surface area contributed by atoms with E-state index in [1.54, 1.807) is 18.2 Å². The molecule has 0 saturated heterocycles. The van der Waals surface area contributed by atoms with E-state index in [0.717, 1.165) is 5.56 Å². The van der Waals surface area contributed by atoms with E-state index in [1.165, 1.54) is 11.8 Å². The van der Waals surface area contributed by atoms with Gasteiger partial charge in [-0.05, 0) is 17.7 Å². The normalized spacial score (nSPS) is 11.4. The minimum atomic E-state index is -3.27. The van der Waals surface area contributed by atoms with Gasteiger partial charge in [-0.15, -0.1) is 11.8 Å². The van der Waals surface area contributed by atoms with E-state index in [-0.39, 0.29) is 5.75 Å². The topological polar surface area (TPSA) is 49.3 Å². The van der Waals surface area contributed by atoms with Crippen molar-refractivity contribution >= 4 is 29.3 Å². The highest BCUT2D eigenvalue weighted by molar-refractivity contribution is 7.99. The molecule has 0 heterocycles. The Bertz CT molecular complexity index is 432. The summed E-state index contributed by atoms with van der Waals surface area (Å²) in [7, 11) is 0. The number of aliphatic hydroxyl groups excluding tert-OH is 1. The largest absolute Gasteiger partial charge is 0.390 e. The molecule has 0 aromatic heterocycles. The van der Waals surface area contributed by atoms with Crippen LogP contribution in [-0.2, 0) is 10.5 Å². The Balaban J connectivity index is 2.24. The fourth-order valence-corrected chi connectivity index (χ4v) is 2.24. The van der Waals surface area contributed by atoms with Gasteiger partial charge in [0, 0.05) is 10.8 Å². The number of hydrogen-bond donors (Lipinski definition) is 2. The van der Waals surface area contributed by atoms with Crippen LogP contribution in [0.3, 0.4) is 0 Å². The zero-order chi connectivity index (χ0) is 14.3. The molecule has 0 bridgehead atoms. The molecule has 1 aromatic rings. The van der Waals surface area contributed by atoms with Crippen LogP contribution in [0, 0.1) is 0 Å². The van der Waals surface area contributed by atoms with Gasteiger partial charge in [0.25, 0.3) is 5.92 Å². The fraction of sp³-hybridized carbons (Fsp3) is 0.417. The maximum atomic E-state index is 12.7. The highest BCUT2D eigenvalue weighted by atomic mass is 35.5. The first kappa shape index (κ1) is 16.2. The van der Waals surface area contributed by atoms with E-state index in [2.05, 4.69) is 5.32 Å². The monoisotopic (exact) mass is 309 g/mol. The minimum absolute atomic E-state index is 0.0774. The molecule has 0 radical (unpaired) electrons. The molecule has 0 aliphatic carbocycles. The number of rotatable bonds is 7. The Morgan fingerprint density at radius 1 is 1.47 bits per heavy atom. The maximum Gasteiger partial charge on any atom is 0.287 e. The number of halogens is 3. The molecule has 1 aromatic carbocycles. The average molecular weight is 310 g/mol. The van der Waals surface area contributed by atoms with E-state index < -0.39 is 25.0 Å². The van der Waals surface area contributed by atoms with E-state index in [0.29, 0.717) is 10.8 Å². The van der Waals surface area contributed by atoms with Gasteiger partial charge in [0.2, 0.25) is 5.91 Å². The Morgan fingerprint density at radius 3 is 2.84 bits per heavy atom. The number of aliphatic hydroxyl groups is 1. The highest BCUT2D eigenvalue weighted by Crippen LogP contribution is 2.16. The minimum Gasteiger partial charge on any atom is -0.390 e. The first-order valence-electron chi connectivity index (χ1n) is 5.50. The number of hydrogen-bond acceptors (Lipinski definition) is 3. The third-order valence-electron chi connectivity index (χ3n) is 2.17. The Labute approximate surface area is 119 Å². The molecule has 1 rings (SSSR count). The average Bonchev–Trinajstić information content (AvgIpc) is 2.37. The maximum absolute atomic E-state index is 12.7. The molecule has 1 amide bonds. The van der Waals surface area contributed by atoms with Crippen molar-refractivity contribution in [1.82, 2.24) is 5.32 Å². The van der Waals surface area contributed by atoms with Crippen molar-refractivity contribution in [3.63, 3.8) is 0 Å². The van der Waals surface area contributed by atoms with Crippen molar-refractivity contribution in [2.24, 2.45) is 0 Å².